The SMILES string of the molecule is CCCCCCCCCCCCCCC1=C(c2cc(CCC)c(CCC)c(CCC)c2)[N+](=[N-])C(c2cc(CCC)c(CCC)c(CCC)c2)=C1CCCCC.[CH3][Ni][CH3]. The maximum atomic E-state index is 12.8. The summed E-state index contributed by atoms with van der Waals surface area (Å²) in [4.78, 5) is 0. The summed E-state index contributed by atoms with van der Waals surface area (Å²) in [5, 5.41) is 0. The van der Waals surface area contributed by atoms with Crippen molar-refractivity contribution < 1.29 is 19.1 Å². The molecule has 0 saturated heterocycles. The molecule has 3 heteroatoms. The third-order valence-electron chi connectivity index (χ3n) is 12.2. The average Bonchev–Trinajstić information content (AvgIpc) is 3.48. The van der Waals surface area contributed by atoms with Crippen LogP contribution in [0.3, 0.4) is 0 Å². The average molecular weight is 840 g/mol. The Labute approximate surface area is 367 Å². The molecule has 0 bridgehead atoms. The van der Waals surface area contributed by atoms with Crippen molar-refractivity contribution in [1.29, 1.82) is 0 Å². The first-order chi connectivity index (χ1) is 28.3. The Kier molecular flexibility index (Phi) is 28.6. The van der Waals surface area contributed by atoms with Gasteiger partial charge >= 0.3 is 26.2 Å². The van der Waals surface area contributed by atoms with Crippen molar-refractivity contribution in [2.45, 2.75) is 253 Å². The Hall–Kier alpha value is -1.99. The first-order valence-corrected chi connectivity index (χ1v) is 26.8. The molecular weight excluding hydrogens is 747 g/mol. The molecule has 0 radical (unpaired) electrons. The summed E-state index contributed by atoms with van der Waals surface area (Å²) in [7, 11) is 0. The van der Waals surface area contributed by atoms with Crippen molar-refractivity contribution in [1.82, 2.24) is 0 Å². The van der Waals surface area contributed by atoms with Gasteiger partial charge in [-0.15, -0.1) is 0 Å². The monoisotopic (exact) mass is 839 g/mol. The summed E-state index contributed by atoms with van der Waals surface area (Å²) in [6.45, 7) is 18.6. The van der Waals surface area contributed by atoms with Crippen molar-refractivity contribution in [3.05, 3.63) is 85.5 Å². The van der Waals surface area contributed by atoms with Gasteiger partial charge in [0, 0.05) is 22.3 Å². The van der Waals surface area contributed by atoms with Crippen LogP contribution in [0.1, 0.15) is 248 Å². The number of hydrogen-bond donors (Lipinski definition) is 0. The molecule has 0 fully saturated rings. The number of rotatable bonds is 31. The van der Waals surface area contributed by atoms with Gasteiger partial charge in [0.2, 0.25) is 11.4 Å². The van der Waals surface area contributed by atoms with E-state index in [0.29, 0.717) is 0 Å². The second-order valence-electron chi connectivity index (χ2n) is 17.4. The van der Waals surface area contributed by atoms with Crippen molar-refractivity contribution in [2.24, 2.45) is 0 Å². The van der Waals surface area contributed by atoms with Gasteiger partial charge in [0.1, 0.15) is 0 Å². The molecule has 0 aromatic heterocycles. The molecule has 2 aromatic carbocycles. The van der Waals surface area contributed by atoms with E-state index in [1.807, 2.05) is 0 Å². The van der Waals surface area contributed by atoms with E-state index in [-0.39, 0.29) is 0 Å². The first-order valence-electron chi connectivity index (χ1n) is 24.8. The Morgan fingerprint density at radius 3 is 0.914 bits per heavy atom. The number of hydrogen-bond acceptors (Lipinski definition) is 0. The summed E-state index contributed by atoms with van der Waals surface area (Å²) < 4.78 is 1.71. The zero-order chi connectivity index (χ0) is 42.5. The Morgan fingerprint density at radius 2 is 0.621 bits per heavy atom. The quantitative estimate of drug-likeness (QED) is 0.0411. The van der Waals surface area contributed by atoms with Gasteiger partial charge in [0.05, 0.1) is 0 Å². The molecule has 332 valence electrons. The van der Waals surface area contributed by atoms with Gasteiger partial charge in [-0.05, 0) is 122 Å². The van der Waals surface area contributed by atoms with Gasteiger partial charge in [-0.25, -0.2) is 4.70 Å². The second-order valence-corrected chi connectivity index (χ2v) is 18.4. The number of nitrogens with zero attached hydrogens (tertiary/aromatic N) is 2. The molecule has 2 aromatic rings. The molecule has 0 N–H and O–H groups in total. The Bertz CT molecular complexity index is 1460. The topological polar surface area (TPSA) is 25.3 Å². The second kappa shape index (κ2) is 31.8. The van der Waals surface area contributed by atoms with Gasteiger partial charge in [-0.3, -0.25) is 0 Å². The van der Waals surface area contributed by atoms with Crippen LogP contribution in [0.15, 0.2) is 35.4 Å². The number of unbranched alkanes of at least 4 members (excludes halogenated alkanes) is 13. The Morgan fingerprint density at radius 1 is 0.362 bits per heavy atom. The van der Waals surface area contributed by atoms with E-state index in [2.05, 4.69) is 91.4 Å². The molecular formula is C55H92N2Ni. The van der Waals surface area contributed by atoms with E-state index in [9.17, 15) is 5.53 Å². The molecule has 0 unspecified atom stereocenters. The van der Waals surface area contributed by atoms with Crippen LogP contribution in [0, 0.1) is 0 Å². The standard InChI is InChI=1S/C53H86N2.2CH3.Ni/c1-9-17-19-20-21-22-23-24-25-26-27-29-37-51-50(36-28-18-10-2)52(46-38-42(30-11-3)48(34-15-7)43(39-46)31-12-4)55(54)53(51)47-40-44(32-13-5)49(35-16-8)45(41-47)33-14-6;;;/h38-41H,9-37H2,1-8H3;2*1H3;. The molecule has 0 spiro atoms. The molecule has 1 aliphatic rings. The van der Waals surface area contributed by atoms with Gasteiger partial charge < -0.3 is 5.53 Å². The van der Waals surface area contributed by atoms with Crippen LogP contribution in [0.5, 0.6) is 0 Å². The summed E-state index contributed by atoms with van der Waals surface area (Å²) in [5.74, 6) is 4.12. The minimum atomic E-state index is 1.04. The van der Waals surface area contributed by atoms with Crippen molar-refractivity contribution in [3.8, 4) is 0 Å². The fourth-order valence-electron chi connectivity index (χ4n) is 9.46. The van der Waals surface area contributed by atoms with E-state index >= 15 is 0 Å². The van der Waals surface area contributed by atoms with Crippen LogP contribution < -0.4 is 0 Å². The molecule has 0 aliphatic carbocycles. The predicted octanol–water partition coefficient (Wildman–Crippen LogP) is 18.4. The molecule has 1 aliphatic heterocycles. The molecule has 1 heterocycles. The normalized spacial score (nSPS) is 13.0. The van der Waals surface area contributed by atoms with Crippen LogP contribution in [0.2, 0.25) is 11.8 Å². The van der Waals surface area contributed by atoms with Gasteiger partial charge in [-0.1, -0.05) is 177 Å². The van der Waals surface area contributed by atoms with Crippen molar-refractivity contribution in [2.75, 3.05) is 0 Å². The number of benzene rings is 2. The number of aryl methyl sites for hydroxylation is 4. The minimum absolute atomic E-state index is 1.04. The van der Waals surface area contributed by atoms with Crippen LogP contribution in [0.4, 0.5) is 0 Å². The molecule has 0 atom stereocenters. The maximum absolute atomic E-state index is 12.8. The molecule has 2 nitrogen and oxygen atoms in total. The molecule has 0 amide bonds. The molecule has 0 saturated carbocycles. The van der Waals surface area contributed by atoms with Crippen molar-refractivity contribution in [3.63, 3.8) is 0 Å². The summed E-state index contributed by atoms with van der Waals surface area (Å²) in [5.41, 5.74) is 29.5. The van der Waals surface area contributed by atoms with E-state index in [0.717, 1.165) is 88.4 Å². The zero-order valence-corrected chi connectivity index (χ0v) is 41.0. The Balaban J connectivity index is 0.00000374. The van der Waals surface area contributed by atoms with Crippen LogP contribution >= 0.6 is 0 Å². The zero-order valence-electron chi connectivity index (χ0n) is 40.0. The third-order valence-corrected chi connectivity index (χ3v) is 12.2. The molecule has 3 rings (SSSR count). The summed E-state index contributed by atoms with van der Waals surface area (Å²) >= 11 is 1.62. The van der Waals surface area contributed by atoms with Gasteiger partial charge in [-0.2, -0.15) is 0 Å². The fourth-order valence-corrected chi connectivity index (χ4v) is 9.46. The van der Waals surface area contributed by atoms with E-state index in [1.54, 1.807) is 30.3 Å². The van der Waals surface area contributed by atoms with E-state index in [4.69, 9.17) is 0 Å². The van der Waals surface area contributed by atoms with Crippen LogP contribution in [-0.2, 0) is 53.0 Å². The predicted molar refractivity (Wildman–Crippen MR) is 256 cm³/mol. The molecule has 58 heavy (non-hydrogen) atoms. The van der Waals surface area contributed by atoms with Crippen LogP contribution in [0.25, 0.3) is 16.9 Å². The van der Waals surface area contributed by atoms with Gasteiger partial charge in [0.25, 0.3) is 0 Å². The summed E-state index contributed by atoms with van der Waals surface area (Å²) in [6.07, 6.45) is 35.7. The summed E-state index contributed by atoms with van der Waals surface area (Å²) in [6, 6.07) is 9.98. The van der Waals surface area contributed by atoms with Gasteiger partial charge in [0.15, 0.2) is 0 Å². The number of allylic oxidation sites excluding steroid dienone is 2. The fraction of sp³-hybridized carbons (Fsp3) is 0.709. The van der Waals surface area contributed by atoms with E-state index in [1.165, 1.54) is 154 Å². The van der Waals surface area contributed by atoms with Crippen molar-refractivity contribution >= 4 is 11.4 Å². The van der Waals surface area contributed by atoms with E-state index < -0.39 is 0 Å². The van der Waals surface area contributed by atoms with Crippen LogP contribution in [-0.4, -0.2) is 4.70 Å². The third kappa shape index (κ3) is 16.8. The first kappa shape index (κ1) is 52.2.